The zero-order valence-electron chi connectivity index (χ0n) is 13.1. The lowest BCUT2D eigenvalue weighted by molar-refractivity contribution is 0.0727. The summed E-state index contributed by atoms with van der Waals surface area (Å²) in [6.45, 7) is 3.41. The molecule has 24 heavy (non-hydrogen) atoms. The van der Waals surface area contributed by atoms with Gasteiger partial charge >= 0.3 is 5.97 Å². The first-order chi connectivity index (χ1) is 11.1. The van der Waals surface area contributed by atoms with Crippen LogP contribution in [0.15, 0.2) is 29.2 Å². The third kappa shape index (κ3) is 3.72. The van der Waals surface area contributed by atoms with Crippen molar-refractivity contribution in [2.45, 2.75) is 18.7 Å². The second-order valence-corrected chi connectivity index (χ2v) is 7.60. The number of rotatable bonds is 3. The molecule has 8 heteroatoms. The Labute approximate surface area is 144 Å². The molecule has 124 valence electrons. The van der Waals surface area contributed by atoms with Gasteiger partial charge in [-0.05, 0) is 43.7 Å². The van der Waals surface area contributed by atoms with Crippen molar-refractivity contribution >= 4 is 27.4 Å². The van der Waals surface area contributed by atoms with Crippen molar-refractivity contribution in [1.82, 2.24) is 4.98 Å². The van der Waals surface area contributed by atoms with Crippen molar-refractivity contribution in [2.24, 2.45) is 0 Å². The van der Waals surface area contributed by atoms with Gasteiger partial charge in [0.05, 0.1) is 15.5 Å². The smallest absolute Gasteiger partial charge is 0.346 e. The van der Waals surface area contributed by atoms with Gasteiger partial charge in [-0.15, -0.1) is 0 Å². The summed E-state index contributed by atoms with van der Waals surface area (Å²) in [7, 11) is -3.44. The molecule has 0 aliphatic rings. The lowest BCUT2D eigenvalue weighted by atomic mass is 10.1. The number of benzene rings is 1. The summed E-state index contributed by atoms with van der Waals surface area (Å²) in [6.07, 6.45) is 1.04. The van der Waals surface area contributed by atoms with E-state index in [2.05, 4.69) is 4.98 Å². The molecule has 0 unspecified atom stereocenters. The monoisotopic (exact) mass is 364 g/mol. The zero-order valence-corrected chi connectivity index (χ0v) is 14.7. The molecule has 2 rings (SSSR count). The number of carbonyl (C=O) groups is 1. The van der Waals surface area contributed by atoms with Crippen molar-refractivity contribution in [3.05, 3.63) is 51.7 Å². The number of nitrogens with zero attached hydrogens (tertiary/aromatic N) is 2. The molecule has 0 radical (unpaired) electrons. The minimum Gasteiger partial charge on any atom is -0.402 e. The normalized spacial score (nSPS) is 11.0. The predicted molar refractivity (Wildman–Crippen MR) is 87.9 cm³/mol. The van der Waals surface area contributed by atoms with Crippen molar-refractivity contribution in [1.29, 1.82) is 5.26 Å². The van der Waals surface area contributed by atoms with Gasteiger partial charge in [-0.25, -0.2) is 18.2 Å². The molecular formula is C16H13ClN2O4S. The number of hydrogen-bond donors (Lipinski definition) is 0. The number of sulfone groups is 1. The fourth-order valence-electron chi connectivity index (χ4n) is 2.05. The largest absolute Gasteiger partial charge is 0.402 e. The van der Waals surface area contributed by atoms with E-state index in [9.17, 15) is 18.5 Å². The molecule has 0 amide bonds. The van der Waals surface area contributed by atoms with Gasteiger partial charge in [0.1, 0.15) is 11.6 Å². The van der Waals surface area contributed by atoms with E-state index in [-0.39, 0.29) is 26.9 Å². The summed E-state index contributed by atoms with van der Waals surface area (Å²) in [4.78, 5) is 16.3. The van der Waals surface area contributed by atoms with E-state index in [4.69, 9.17) is 16.3 Å². The average molecular weight is 365 g/mol. The SMILES string of the molecule is Cc1cc(C)c(C#N)c(OC(=O)c2ccc(S(C)(=O)=O)cc2Cl)n1. The fraction of sp³-hybridized carbons (Fsp3) is 0.188. The number of aromatic nitrogens is 1. The highest BCUT2D eigenvalue weighted by Gasteiger charge is 2.19. The third-order valence-electron chi connectivity index (χ3n) is 3.20. The summed E-state index contributed by atoms with van der Waals surface area (Å²) in [6, 6.07) is 7.33. The summed E-state index contributed by atoms with van der Waals surface area (Å²) in [5.74, 6) is -0.933. The topological polar surface area (TPSA) is 97.1 Å². The molecule has 0 aliphatic heterocycles. The molecule has 6 nitrogen and oxygen atoms in total. The summed E-state index contributed by atoms with van der Waals surface area (Å²) in [5, 5.41) is 9.12. The van der Waals surface area contributed by atoms with E-state index in [1.54, 1.807) is 19.9 Å². The van der Waals surface area contributed by atoms with Crippen molar-refractivity contribution in [3.63, 3.8) is 0 Å². The second-order valence-electron chi connectivity index (χ2n) is 5.18. The Bertz CT molecular complexity index is 978. The predicted octanol–water partition coefficient (Wildman–Crippen LogP) is 2.85. The first-order valence-electron chi connectivity index (χ1n) is 6.73. The quantitative estimate of drug-likeness (QED) is 0.777. The van der Waals surface area contributed by atoms with Crippen LogP contribution in [0.4, 0.5) is 0 Å². The Morgan fingerprint density at radius 1 is 1.29 bits per heavy atom. The maximum Gasteiger partial charge on any atom is 0.346 e. The van der Waals surface area contributed by atoms with Gasteiger partial charge in [-0.1, -0.05) is 11.6 Å². The number of aryl methyl sites for hydroxylation is 2. The molecule has 0 N–H and O–H groups in total. The Balaban J connectivity index is 2.40. The number of pyridine rings is 1. The first-order valence-corrected chi connectivity index (χ1v) is 9.00. The fourth-order valence-corrected chi connectivity index (χ4v) is 3.02. The summed E-state index contributed by atoms with van der Waals surface area (Å²) in [5.41, 5.74) is 1.35. The van der Waals surface area contributed by atoms with E-state index in [0.29, 0.717) is 11.3 Å². The van der Waals surface area contributed by atoms with E-state index >= 15 is 0 Å². The highest BCUT2D eigenvalue weighted by Crippen LogP contribution is 2.25. The van der Waals surface area contributed by atoms with Gasteiger partial charge in [0, 0.05) is 11.9 Å². The first kappa shape index (κ1) is 17.9. The Kier molecular flexibility index (Phi) is 4.92. The van der Waals surface area contributed by atoms with E-state index in [1.807, 2.05) is 6.07 Å². The number of esters is 1. The van der Waals surface area contributed by atoms with Gasteiger partial charge in [-0.2, -0.15) is 5.26 Å². The number of hydrogen-bond acceptors (Lipinski definition) is 6. The molecular weight excluding hydrogens is 352 g/mol. The standard InChI is InChI=1S/C16H13ClN2O4S/c1-9-6-10(2)19-15(13(9)8-18)23-16(20)12-5-4-11(7-14(12)17)24(3,21)22/h4-7H,1-3H3. The van der Waals surface area contributed by atoms with Crippen LogP contribution in [0.3, 0.4) is 0 Å². The van der Waals surface area contributed by atoms with Crippen LogP contribution in [-0.4, -0.2) is 25.6 Å². The molecule has 2 aromatic rings. The molecule has 0 bridgehead atoms. The number of ether oxygens (including phenoxy) is 1. The molecule has 1 aromatic carbocycles. The number of nitriles is 1. The average Bonchev–Trinajstić information content (AvgIpc) is 2.45. The Morgan fingerprint density at radius 2 is 1.96 bits per heavy atom. The molecule has 0 spiro atoms. The van der Waals surface area contributed by atoms with E-state index < -0.39 is 15.8 Å². The third-order valence-corrected chi connectivity index (χ3v) is 4.62. The van der Waals surface area contributed by atoms with Crippen LogP contribution in [0.25, 0.3) is 0 Å². The minimum atomic E-state index is -3.44. The van der Waals surface area contributed by atoms with Crippen LogP contribution in [0.2, 0.25) is 5.02 Å². The van der Waals surface area contributed by atoms with Crippen LogP contribution < -0.4 is 4.74 Å². The lowest BCUT2D eigenvalue weighted by Gasteiger charge is -2.09. The van der Waals surface area contributed by atoms with Crippen LogP contribution in [0, 0.1) is 25.2 Å². The second kappa shape index (κ2) is 6.59. The maximum atomic E-state index is 12.3. The van der Waals surface area contributed by atoms with Gasteiger partial charge in [0.15, 0.2) is 9.84 Å². The summed E-state index contributed by atoms with van der Waals surface area (Å²) >= 11 is 5.98. The summed E-state index contributed by atoms with van der Waals surface area (Å²) < 4.78 is 28.2. The molecule has 0 aliphatic carbocycles. The Hall–Kier alpha value is -2.43. The van der Waals surface area contributed by atoms with Gasteiger partial charge in [0.2, 0.25) is 5.88 Å². The van der Waals surface area contributed by atoms with Crippen LogP contribution in [-0.2, 0) is 9.84 Å². The van der Waals surface area contributed by atoms with Gasteiger partial charge in [-0.3, -0.25) is 0 Å². The van der Waals surface area contributed by atoms with Crippen molar-refractivity contribution in [2.75, 3.05) is 6.26 Å². The van der Waals surface area contributed by atoms with Crippen molar-refractivity contribution in [3.8, 4) is 11.9 Å². The zero-order chi connectivity index (χ0) is 18.1. The van der Waals surface area contributed by atoms with Gasteiger partial charge in [0.25, 0.3) is 0 Å². The molecule has 0 fully saturated rings. The highest BCUT2D eigenvalue weighted by molar-refractivity contribution is 7.90. The minimum absolute atomic E-state index is 0.00807. The van der Waals surface area contributed by atoms with Crippen LogP contribution in [0.1, 0.15) is 27.2 Å². The molecule has 0 atom stereocenters. The Morgan fingerprint density at radius 3 is 2.50 bits per heavy atom. The number of carbonyl (C=O) groups excluding carboxylic acids is 1. The van der Waals surface area contributed by atoms with Crippen molar-refractivity contribution < 1.29 is 17.9 Å². The molecule has 1 heterocycles. The van der Waals surface area contributed by atoms with Crippen LogP contribution in [0.5, 0.6) is 5.88 Å². The molecule has 0 saturated carbocycles. The van der Waals surface area contributed by atoms with Gasteiger partial charge < -0.3 is 4.74 Å². The maximum absolute atomic E-state index is 12.3. The lowest BCUT2D eigenvalue weighted by Crippen LogP contribution is -2.12. The van der Waals surface area contributed by atoms with E-state index in [1.165, 1.54) is 18.2 Å². The molecule has 0 saturated heterocycles. The number of halogens is 1. The molecule has 1 aromatic heterocycles. The van der Waals surface area contributed by atoms with E-state index in [0.717, 1.165) is 6.26 Å². The highest BCUT2D eigenvalue weighted by atomic mass is 35.5. The van der Waals surface area contributed by atoms with Crippen LogP contribution >= 0.6 is 11.6 Å².